The van der Waals surface area contributed by atoms with E-state index in [0.717, 1.165) is 18.4 Å². The maximum atomic E-state index is 12.8. The monoisotopic (exact) mass is 401 g/mol. The van der Waals surface area contributed by atoms with Gasteiger partial charge < -0.3 is 0 Å². The average molecular weight is 402 g/mol. The van der Waals surface area contributed by atoms with Gasteiger partial charge in [-0.2, -0.15) is 21.3 Å². The molecule has 0 radical (unpaired) electrons. The summed E-state index contributed by atoms with van der Waals surface area (Å²) in [6.45, 7) is 4.08. The van der Waals surface area contributed by atoms with Gasteiger partial charge in [0.05, 0.1) is 5.75 Å². The zero-order valence-corrected chi connectivity index (χ0v) is 16.8. The summed E-state index contributed by atoms with van der Waals surface area (Å²) in [5.74, 6) is 0.506. The van der Waals surface area contributed by atoms with E-state index in [0.29, 0.717) is 19.0 Å². The van der Waals surface area contributed by atoms with Crippen molar-refractivity contribution in [2.24, 2.45) is 5.92 Å². The first-order valence-corrected chi connectivity index (χ1v) is 12.1. The molecule has 2 saturated heterocycles. The van der Waals surface area contributed by atoms with Crippen LogP contribution in [0.4, 0.5) is 0 Å². The van der Waals surface area contributed by atoms with E-state index in [9.17, 15) is 16.8 Å². The summed E-state index contributed by atoms with van der Waals surface area (Å²) in [7, 11) is -6.93. The molecule has 0 bridgehead atoms. The topological polar surface area (TPSA) is 78.0 Å². The van der Waals surface area contributed by atoms with Crippen molar-refractivity contribution in [3.63, 3.8) is 0 Å². The van der Waals surface area contributed by atoms with Gasteiger partial charge >= 0.3 is 0 Å². The largest absolute Gasteiger partial charge is 0.282 e. The maximum absolute atomic E-state index is 12.8. The van der Waals surface area contributed by atoms with Crippen molar-refractivity contribution in [1.29, 1.82) is 0 Å². The number of benzene rings is 1. The molecule has 26 heavy (non-hydrogen) atoms. The standard InChI is InChI=1S/C17H27N3O4S2/c1-16-7-9-19(10-8-16)26(23,24)20-13-11-18(12-14-20)25(21,22)15-17-5-3-2-4-6-17/h2-6,16H,7-15H2,1H3. The molecule has 3 rings (SSSR count). The van der Waals surface area contributed by atoms with Crippen molar-refractivity contribution in [3.8, 4) is 0 Å². The Kier molecular flexibility index (Phi) is 6.03. The molecule has 9 heteroatoms. The third kappa shape index (κ3) is 4.45. The predicted octanol–water partition coefficient (Wildman–Crippen LogP) is 1.11. The molecule has 0 unspecified atom stereocenters. The molecule has 0 aliphatic carbocycles. The van der Waals surface area contributed by atoms with Gasteiger partial charge in [-0.25, -0.2) is 8.42 Å². The molecule has 1 aromatic rings. The highest BCUT2D eigenvalue weighted by Gasteiger charge is 2.36. The lowest BCUT2D eigenvalue weighted by molar-refractivity contribution is 0.232. The third-order valence-electron chi connectivity index (χ3n) is 5.18. The first-order chi connectivity index (χ1) is 12.3. The quantitative estimate of drug-likeness (QED) is 0.741. The number of hydrogen-bond donors (Lipinski definition) is 0. The van der Waals surface area contributed by atoms with Crippen molar-refractivity contribution in [2.45, 2.75) is 25.5 Å². The number of sulfonamides is 1. The maximum Gasteiger partial charge on any atom is 0.282 e. The van der Waals surface area contributed by atoms with Crippen LogP contribution in [0.25, 0.3) is 0 Å². The smallest absolute Gasteiger partial charge is 0.212 e. The fourth-order valence-electron chi connectivity index (χ4n) is 3.43. The van der Waals surface area contributed by atoms with Gasteiger partial charge in [-0.15, -0.1) is 0 Å². The van der Waals surface area contributed by atoms with Crippen LogP contribution < -0.4 is 0 Å². The highest BCUT2D eigenvalue weighted by molar-refractivity contribution is 7.88. The minimum absolute atomic E-state index is 0.0510. The van der Waals surface area contributed by atoms with Gasteiger partial charge in [0, 0.05) is 39.3 Å². The van der Waals surface area contributed by atoms with E-state index in [1.807, 2.05) is 18.2 Å². The summed E-state index contributed by atoms with van der Waals surface area (Å²) in [6, 6.07) is 9.05. The Morgan fingerprint density at radius 2 is 1.31 bits per heavy atom. The number of hydrogen-bond acceptors (Lipinski definition) is 4. The van der Waals surface area contributed by atoms with Crippen molar-refractivity contribution in [2.75, 3.05) is 39.3 Å². The summed E-state index contributed by atoms with van der Waals surface area (Å²) < 4.78 is 55.1. The van der Waals surface area contributed by atoms with Gasteiger partial charge in [-0.05, 0) is 24.3 Å². The second-order valence-electron chi connectivity index (χ2n) is 7.13. The number of nitrogens with zero attached hydrogens (tertiary/aromatic N) is 3. The fourth-order valence-corrected chi connectivity index (χ4v) is 6.57. The van der Waals surface area contributed by atoms with Crippen LogP contribution in [0.2, 0.25) is 0 Å². The molecule has 0 aromatic heterocycles. The molecule has 1 aromatic carbocycles. The van der Waals surface area contributed by atoms with E-state index in [1.54, 1.807) is 16.4 Å². The summed E-state index contributed by atoms with van der Waals surface area (Å²) in [6.07, 6.45) is 1.76. The number of rotatable bonds is 5. The van der Waals surface area contributed by atoms with E-state index in [4.69, 9.17) is 0 Å². The highest BCUT2D eigenvalue weighted by Crippen LogP contribution is 2.22. The average Bonchev–Trinajstić information content (AvgIpc) is 2.63. The zero-order valence-electron chi connectivity index (χ0n) is 15.1. The fraction of sp³-hybridized carbons (Fsp3) is 0.647. The lowest BCUT2D eigenvalue weighted by Gasteiger charge is -2.38. The van der Waals surface area contributed by atoms with Crippen LogP contribution >= 0.6 is 0 Å². The molecular formula is C17H27N3O4S2. The van der Waals surface area contributed by atoms with Crippen molar-refractivity contribution in [3.05, 3.63) is 35.9 Å². The van der Waals surface area contributed by atoms with Crippen LogP contribution in [0.1, 0.15) is 25.3 Å². The van der Waals surface area contributed by atoms with Gasteiger partial charge in [0.2, 0.25) is 10.0 Å². The summed E-state index contributed by atoms with van der Waals surface area (Å²) in [5, 5.41) is 0. The highest BCUT2D eigenvalue weighted by atomic mass is 32.2. The van der Waals surface area contributed by atoms with Gasteiger partial charge in [-0.1, -0.05) is 37.3 Å². The second kappa shape index (κ2) is 7.93. The zero-order chi connectivity index (χ0) is 18.8. The van der Waals surface area contributed by atoms with Crippen LogP contribution in [-0.2, 0) is 26.0 Å². The van der Waals surface area contributed by atoms with Gasteiger partial charge in [0.15, 0.2) is 0 Å². The van der Waals surface area contributed by atoms with E-state index in [2.05, 4.69) is 6.92 Å². The Morgan fingerprint density at radius 3 is 1.88 bits per heavy atom. The minimum Gasteiger partial charge on any atom is -0.212 e. The SMILES string of the molecule is CC1CCN(S(=O)(=O)N2CCN(S(=O)(=O)Cc3ccccc3)CC2)CC1. The Hall–Kier alpha value is -1.00. The molecule has 2 aliphatic heterocycles. The van der Waals surface area contributed by atoms with Crippen LogP contribution in [0.3, 0.4) is 0 Å². The molecule has 0 N–H and O–H groups in total. The van der Waals surface area contributed by atoms with Crippen LogP contribution in [0.15, 0.2) is 30.3 Å². The molecule has 2 fully saturated rings. The molecule has 146 valence electrons. The molecule has 0 amide bonds. The molecule has 2 heterocycles. The molecular weight excluding hydrogens is 374 g/mol. The Balaban J connectivity index is 1.60. The Bertz CT molecular complexity index is 796. The van der Waals surface area contributed by atoms with Gasteiger partial charge in [0.1, 0.15) is 0 Å². The van der Waals surface area contributed by atoms with Crippen molar-refractivity contribution < 1.29 is 16.8 Å². The summed E-state index contributed by atoms with van der Waals surface area (Å²) in [5.41, 5.74) is 0.741. The molecule has 0 atom stereocenters. The number of piperidine rings is 1. The van der Waals surface area contributed by atoms with Gasteiger partial charge in [-0.3, -0.25) is 0 Å². The first-order valence-electron chi connectivity index (χ1n) is 9.06. The van der Waals surface area contributed by atoms with Crippen molar-refractivity contribution >= 4 is 20.2 Å². The third-order valence-corrected chi connectivity index (χ3v) is 9.06. The van der Waals surface area contributed by atoms with Crippen LogP contribution in [-0.4, -0.2) is 69.0 Å². The van der Waals surface area contributed by atoms with Crippen LogP contribution in [0, 0.1) is 5.92 Å². The second-order valence-corrected chi connectivity index (χ2v) is 11.0. The van der Waals surface area contributed by atoms with Gasteiger partial charge in [0.25, 0.3) is 10.2 Å². The lowest BCUT2D eigenvalue weighted by atomic mass is 10.0. The Morgan fingerprint density at radius 1 is 0.808 bits per heavy atom. The van der Waals surface area contributed by atoms with E-state index in [1.165, 1.54) is 8.61 Å². The minimum atomic E-state index is -3.49. The summed E-state index contributed by atoms with van der Waals surface area (Å²) >= 11 is 0. The van der Waals surface area contributed by atoms with E-state index >= 15 is 0 Å². The summed E-state index contributed by atoms with van der Waals surface area (Å²) in [4.78, 5) is 0. The van der Waals surface area contributed by atoms with E-state index < -0.39 is 20.2 Å². The molecule has 2 aliphatic rings. The van der Waals surface area contributed by atoms with E-state index in [-0.39, 0.29) is 31.9 Å². The molecule has 0 saturated carbocycles. The number of piperazine rings is 1. The lowest BCUT2D eigenvalue weighted by Crippen LogP contribution is -2.55. The first kappa shape index (κ1) is 19.8. The normalized spacial score (nSPS) is 22.5. The Labute approximate surface area is 156 Å². The van der Waals surface area contributed by atoms with Crippen LogP contribution in [0.5, 0.6) is 0 Å². The molecule has 0 spiro atoms. The molecule has 7 nitrogen and oxygen atoms in total. The predicted molar refractivity (Wildman–Crippen MR) is 101 cm³/mol. The van der Waals surface area contributed by atoms with Crippen molar-refractivity contribution in [1.82, 2.24) is 12.9 Å².